The molecule has 0 radical (unpaired) electrons. The molecular weight excluding hydrogens is 275 g/mol. The summed E-state index contributed by atoms with van der Waals surface area (Å²) < 4.78 is 12.3. The van der Waals surface area contributed by atoms with E-state index in [0.29, 0.717) is 17.7 Å². The first-order valence-corrected chi connectivity index (χ1v) is 8.60. The minimum Gasteiger partial charge on any atom is -0.399 e. The van der Waals surface area contributed by atoms with Crippen molar-refractivity contribution in [2.75, 3.05) is 0 Å². The van der Waals surface area contributed by atoms with Crippen LogP contribution in [-0.2, 0) is 9.31 Å². The zero-order valence-corrected chi connectivity index (χ0v) is 14.5. The van der Waals surface area contributed by atoms with Gasteiger partial charge in [0, 0.05) is 23.1 Å². The first kappa shape index (κ1) is 16.1. The van der Waals surface area contributed by atoms with Crippen LogP contribution in [0.25, 0.3) is 0 Å². The highest BCUT2D eigenvalue weighted by Crippen LogP contribution is 2.41. The molecule has 0 amide bonds. The molecule has 0 aromatic carbocycles. The summed E-state index contributed by atoms with van der Waals surface area (Å²) in [6.07, 6.45) is 6.67. The smallest absolute Gasteiger partial charge is 0.399 e. The molecule has 3 aliphatic rings. The standard InChI is InChI=1S/C17H29BN2O2/c1-11-8-13(9-11)20-10-14(15(19)12-6-7-12)18-21-16(2,3)17(4,5)22-18/h10-13,19-20H,6-9H2,1-5H3/b14-10+,19-15?. The summed E-state index contributed by atoms with van der Waals surface area (Å²) in [5.74, 6) is 1.21. The van der Waals surface area contributed by atoms with E-state index in [9.17, 15) is 0 Å². The number of allylic oxidation sites excluding steroid dienone is 1. The summed E-state index contributed by atoms with van der Waals surface area (Å²) in [6.45, 7) is 10.5. The zero-order chi connectivity index (χ0) is 16.1. The van der Waals surface area contributed by atoms with E-state index < -0.39 is 7.12 Å². The molecule has 3 rings (SSSR count). The van der Waals surface area contributed by atoms with E-state index in [0.717, 1.165) is 24.2 Å². The summed E-state index contributed by atoms with van der Waals surface area (Å²) in [5, 5.41) is 12.0. The third-order valence-electron chi connectivity index (χ3n) is 5.65. The van der Waals surface area contributed by atoms with Gasteiger partial charge in [-0.05, 0) is 65.5 Å². The van der Waals surface area contributed by atoms with Gasteiger partial charge < -0.3 is 20.0 Å². The first-order chi connectivity index (χ1) is 10.2. The van der Waals surface area contributed by atoms with Gasteiger partial charge in [0.1, 0.15) is 0 Å². The summed E-state index contributed by atoms with van der Waals surface area (Å²) in [6, 6.07) is 0.541. The Morgan fingerprint density at radius 1 is 1.14 bits per heavy atom. The Balaban J connectivity index is 1.74. The van der Waals surface area contributed by atoms with Gasteiger partial charge in [-0.25, -0.2) is 0 Å². The van der Waals surface area contributed by atoms with Crippen molar-refractivity contribution in [1.29, 1.82) is 5.41 Å². The third kappa shape index (κ3) is 2.98. The van der Waals surface area contributed by atoms with Crippen molar-refractivity contribution in [2.45, 2.75) is 77.5 Å². The normalized spacial score (nSPS) is 33.5. The maximum atomic E-state index is 8.48. The molecule has 1 aliphatic heterocycles. The fourth-order valence-corrected chi connectivity index (χ4v) is 3.10. The summed E-state index contributed by atoms with van der Waals surface area (Å²) in [4.78, 5) is 0. The van der Waals surface area contributed by atoms with Gasteiger partial charge in [-0.1, -0.05) is 6.92 Å². The van der Waals surface area contributed by atoms with E-state index in [1.807, 2.05) is 6.20 Å². The molecule has 0 aromatic rings. The van der Waals surface area contributed by atoms with Crippen LogP contribution in [0.15, 0.2) is 11.7 Å². The molecule has 5 heteroatoms. The molecule has 2 saturated carbocycles. The lowest BCUT2D eigenvalue weighted by atomic mass is 9.74. The minimum atomic E-state index is -0.428. The van der Waals surface area contributed by atoms with Crippen LogP contribution in [0.3, 0.4) is 0 Å². The van der Waals surface area contributed by atoms with Crippen LogP contribution in [-0.4, -0.2) is 30.1 Å². The summed E-state index contributed by atoms with van der Waals surface area (Å²) >= 11 is 0. The van der Waals surface area contributed by atoms with Crippen molar-refractivity contribution in [3.05, 3.63) is 11.7 Å². The lowest BCUT2D eigenvalue weighted by Gasteiger charge is -2.33. The molecule has 2 aliphatic carbocycles. The maximum absolute atomic E-state index is 8.48. The minimum absolute atomic E-state index is 0.356. The molecule has 1 saturated heterocycles. The Hall–Kier alpha value is -0.805. The Kier molecular flexibility index (Phi) is 3.93. The van der Waals surface area contributed by atoms with Crippen LogP contribution in [0.5, 0.6) is 0 Å². The fraction of sp³-hybridized carbons (Fsp3) is 0.824. The Morgan fingerprint density at radius 2 is 1.68 bits per heavy atom. The van der Waals surface area contributed by atoms with E-state index in [2.05, 4.69) is 39.9 Å². The lowest BCUT2D eigenvalue weighted by molar-refractivity contribution is 0.00578. The predicted octanol–water partition coefficient (Wildman–Crippen LogP) is 3.32. The highest BCUT2D eigenvalue weighted by molar-refractivity contribution is 6.62. The van der Waals surface area contributed by atoms with Gasteiger partial charge in [-0.3, -0.25) is 0 Å². The average molecular weight is 304 g/mol. The monoisotopic (exact) mass is 304 g/mol. The number of nitrogens with one attached hydrogen (secondary N) is 2. The quantitative estimate of drug-likeness (QED) is 0.605. The highest BCUT2D eigenvalue weighted by atomic mass is 16.7. The summed E-state index contributed by atoms with van der Waals surface area (Å²) in [7, 11) is -0.428. The number of hydrogen-bond donors (Lipinski definition) is 2. The molecule has 2 N–H and O–H groups in total. The van der Waals surface area contributed by atoms with Gasteiger partial charge in [0.15, 0.2) is 0 Å². The molecule has 4 nitrogen and oxygen atoms in total. The van der Waals surface area contributed by atoms with Crippen LogP contribution in [0.1, 0.15) is 60.3 Å². The second kappa shape index (κ2) is 5.38. The largest absolute Gasteiger partial charge is 0.498 e. The van der Waals surface area contributed by atoms with Crippen LogP contribution in [0.2, 0.25) is 0 Å². The molecule has 0 bridgehead atoms. The van der Waals surface area contributed by atoms with Gasteiger partial charge in [0.25, 0.3) is 0 Å². The van der Waals surface area contributed by atoms with Gasteiger partial charge in [-0.2, -0.15) is 0 Å². The zero-order valence-electron chi connectivity index (χ0n) is 14.5. The second-order valence-corrected chi connectivity index (χ2v) is 8.32. The lowest BCUT2D eigenvalue weighted by Crippen LogP contribution is -2.41. The molecule has 3 fully saturated rings. The van der Waals surface area contributed by atoms with Crippen molar-refractivity contribution in [3.63, 3.8) is 0 Å². The van der Waals surface area contributed by atoms with E-state index >= 15 is 0 Å². The highest BCUT2D eigenvalue weighted by Gasteiger charge is 2.53. The first-order valence-electron chi connectivity index (χ1n) is 8.60. The van der Waals surface area contributed by atoms with E-state index in [1.54, 1.807) is 0 Å². The molecule has 22 heavy (non-hydrogen) atoms. The van der Waals surface area contributed by atoms with Gasteiger partial charge in [-0.15, -0.1) is 0 Å². The SMILES string of the molecule is CC1CC(N/C=C(/B2OC(C)(C)C(C)(C)O2)C(=N)C2CC2)C1. The number of hydrogen-bond acceptors (Lipinski definition) is 4. The Labute approximate surface area is 134 Å². The van der Waals surface area contributed by atoms with Crippen molar-refractivity contribution in [3.8, 4) is 0 Å². The van der Waals surface area contributed by atoms with Crippen molar-refractivity contribution < 1.29 is 9.31 Å². The number of rotatable bonds is 5. The van der Waals surface area contributed by atoms with Gasteiger partial charge in [0.05, 0.1) is 11.2 Å². The van der Waals surface area contributed by atoms with Crippen LogP contribution in [0, 0.1) is 17.2 Å². The Bertz CT molecular complexity index is 475. The van der Waals surface area contributed by atoms with Gasteiger partial charge in [0.2, 0.25) is 0 Å². The molecule has 1 heterocycles. The van der Waals surface area contributed by atoms with Crippen molar-refractivity contribution in [2.24, 2.45) is 11.8 Å². The predicted molar refractivity (Wildman–Crippen MR) is 89.9 cm³/mol. The topological polar surface area (TPSA) is 54.3 Å². The van der Waals surface area contributed by atoms with Crippen LogP contribution in [0.4, 0.5) is 0 Å². The fourth-order valence-electron chi connectivity index (χ4n) is 3.10. The van der Waals surface area contributed by atoms with E-state index in [1.165, 1.54) is 12.8 Å². The molecule has 0 aromatic heterocycles. The van der Waals surface area contributed by atoms with Crippen molar-refractivity contribution >= 4 is 12.8 Å². The molecule has 0 atom stereocenters. The van der Waals surface area contributed by atoms with Crippen LogP contribution >= 0.6 is 0 Å². The average Bonchev–Trinajstić information content (AvgIpc) is 3.15. The maximum Gasteiger partial charge on any atom is 0.498 e. The third-order valence-corrected chi connectivity index (χ3v) is 5.65. The summed E-state index contributed by atoms with van der Waals surface area (Å²) in [5.41, 5.74) is 0.871. The molecule has 122 valence electrons. The van der Waals surface area contributed by atoms with Crippen molar-refractivity contribution in [1.82, 2.24) is 5.32 Å². The van der Waals surface area contributed by atoms with Crippen LogP contribution < -0.4 is 5.32 Å². The van der Waals surface area contributed by atoms with E-state index in [4.69, 9.17) is 14.7 Å². The molecular formula is C17H29BN2O2. The van der Waals surface area contributed by atoms with E-state index in [-0.39, 0.29) is 11.2 Å². The molecule has 0 spiro atoms. The Morgan fingerprint density at radius 3 is 2.14 bits per heavy atom. The second-order valence-electron chi connectivity index (χ2n) is 8.32. The van der Waals surface area contributed by atoms with Gasteiger partial charge >= 0.3 is 7.12 Å². The molecule has 0 unspecified atom stereocenters.